The number of anilines is 1. The Morgan fingerprint density at radius 1 is 1.56 bits per heavy atom. The highest BCUT2D eigenvalue weighted by Crippen LogP contribution is 2.19. The number of hydrogen-bond donors (Lipinski definition) is 2. The number of benzene rings is 1. The number of hydrogen-bond acceptors (Lipinski definition) is 3. The molecule has 0 unspecified atom stereocenters. The van der Waals surface area contributed by atoms with Crippen LogP contribution in [0.4, 0.5) is 10.1 Å². The van der Waals surface area contributed by atoms with Gasteiger partial charge in [0.25, 0.3) is 5.91 Å². The van der Waals surface area contributed by atoms with Gasteiger partial charge < -0.3 is 10.4 Å². The van der Waals surface area contributed by atoms with Crippen molar-refractivity contribution < 1.29 is 14.3 Å². The van der Waals surface area contributed by atoms with Gasteiger partial charge in [-0.15, -0.1) is 0 Å². The fourth-order valence-corrected chi connectivity index (χ4v) is 1.50. The molecule has 1 amide bonds. The van der Waals surface area contributed by atoms with Crippen LogP contribution in [0.25, 0.3) is 0 Å². The Morgan fingerprint density at radius 2 is 2.33 bits per heavy atom. The van der Waals surface area contributed by atoms with Crippen molar-refractivity contribution in [3.05, 3.63) is 42.0 Å². The Labute approximate surface area is 103 Å². The van der Waals surface area contributed by atoms with E-state index >= 15 is 0 Å². The maximum atomic E-state index is 12.8. The van der Waals surface area contributed by atoms with E-state index in [-0.39, 0.29) is 5.56 Å². The molecular weight excluding hydrogens is 237 g/mol. The Kier molecular flexibility index (Phi) is 3.27. The van der Waals surface area contributed by atoms with Gasteiger partial charge in [-0.2, -0.15) is 5.10 Å². The molecule has 0 aliphatic heterocycles. The van der Waals surface area contributed by atoms with Crippen LogP contribution in [0.1, 0.15) is 17.3 Å². The number of phenolic OH excluding ortho intramolecular Hbond substituents is 1. The second-order valence-corrected chi connectivity index (χ2v) is 3.70. The molecule has 0 saturated carbocycles. The molecule has 1 aromatic carbocycles. The fraction of sp³-hybridized carbons (Fsp3) is 0.167. The maximum absolute atomic E-state index is 12.8. The Hall–Kier alpha value is -2.37. The van der Waals surface area contributed by atoms with E-state index in [4.69, 9.17) is 0 Å². The number of amides is 1. The van der Waals surface area contributed by atoms with Gasteiger partial charge in [0.05, 0.1) is 17.4 Å². The number of rotatable bonds is 3. The molecule has 1 aromatic heterocycles. The number of phenols is 1. The first-order chi connectivity index (χ1) is 8.60. The summed E-state index contributed by atoms with van der Waals surface area (Å²) in [5, 5.41) is 16.0. The van der Waals surface area contributed by atoms with E-state index in [2.05, 4.69) is 10.4 Å². The van der Waals surface area contributed by atoms with Gasteiger partial charge in [0, 0.05) is 18.8 Å². The van der Waals surface area contributed by atoms with Crippen LogP contribution in [-0.4, -0.2) is 20.8 Å². The summed E-state index contributed by atoms with van der Waals surface area (Å²) in [4.78, 5) is 11.8. The number of carbonyl (C=O) groups excluding carboxylic acids is 1. The molecule has 5 nitrogen and oxygen atoms in total. The lowest BCUT2D eigenvalue weighted by Gasteiger charge is -2.04. The van der Waals surface area contributed by atoms with Crippen LogP contribution < -0.4 is 5.32 Å². The minimum atomic E-state index is -0.595. The summed E-state index contributed by atoms with van der Waals surface area (Å²) in [6, 6.07) is 3.23. The van der Waals surface area contributed by atoms with E-state index in [1.807, 2.05) is 6.92 Å². The van der Waals surface area contributed by atoms with Gasteiger partial charge in [-0.1, -0.05) is 0 Å². The molecule has 18 heavy (non-hydrogen) atoms. The average molecular weight is 249 g/mol. The lowest BCUT2D eigenvalue weighted by Crippen LogP contribution is -2.11. The summed E-state index contributed by atoms with van der Waals surface area (Å²) >= 11 is 0. The molecule has 1 heterocycles. The van der Waals surface area contributed by atoms with Gasteiger partial charge >= 0.3 is 0 Å². The van der Waals surface area contributed by atoms with Crippen LogP contribution in [0.3, 0.4) is 0 Å². The second-order valence-electron chi connectivity index (χ2n) is 3.70. The van der Waals surface area contributed by atoms with Crippen molar-refractivity contribution >= 4 is 11.6 Å². The van der Waals surface area contributed by atoms with Gasteiger partial charge in [0.2, 0.25) is 0 Å². The number of aromatic hydroxyl groups is 1. The highest BCUT2D eigenvalue weighted by Gasteiger charge is 2.12. The molecule has 0 aliphatic carbocycles. The van der Waals surface area contributed by atoms with E-state index in [0.29, 0.717) is 12.2 Å². The molecule has 0 atom stereocenters. The van der Waals surface area contributed by atoms with Crippen molar-refractivity contribution in [3.63, 3.8) is 0 Å². The van der Waals surface area contributed by atoms with Crippen molar-refractivity contribution in [2.75, 3.05) is 5.32 Å². The predicted molar refractivity (Wildman–Crippen MR) is 63.9 cm³/mol. The molecule has 6 heteroatoms. The largest absolute Gasteiger partial charge is 0.507 e. The first-order valence-electron chi connectivity index (χ1n) is 5.42. The van der Waals surface area contributed by atoms with E-state index in [1.54, 1.807) is 10.9 Å². The third-order valence-corrected chi connectivity index (χ3v) is 2.42. The molecular formula is C12H12FN3O2. The van der Waals surface area contributed by atoms with E-state index in [1.165, 1.54) is 12.3 Å². The molecule has 0 spiro atoms. The summed E-state index contributed by atoms with van der Waals surface area (Å²) in [6.07, 6.45) is 3.17. The third-order valence-electron chi connectivity index (χ3n) is 2.42. The number of aromatic nitrogens is 2. The zero-order chi connectivity index (χ0) is 13.1. The quantitative estimate of drug-likeness (QED) is 0.874. The standard InChI is InChI=1S/C12H12FN3O2/c1-2-16-7-9(6-14-16)15-12(18)10-4-3-8(13)5-11(10)17/h3-7,17H,2H2,1H3,(H,15,18). The highest BCUT2D eigenvalue weighted by molar-refractivity contribution is 6.05. The molecule has 0 fully saturated rings. The van der Waals surface area contributed by atoms with Crippen LogP contribution in [0.5, 0.6) is 5.75 Å². The Balaban J connectivity index is 2.16. The molecule has 2 rings (SSSR count). The third kappa shape index (κ3) is 2.48. The van der Waals surface area contributed by atoms with Gasteiger partial charge in [0.1, 0.15) is 11.6 Å². The van der Waals surface area contributed by atoms with Gasteiger partial charge in [-0.25, -0.2) is 4.39 Å². The molecule has 2 aromatic rings. The van der Waals surface area contributed by atoms with Crippen LogP contribution in [0.15, 0.2) is 30.6 Å². The number of nitrogens with zero attached hydrogens (tertiary/aromatic N) is 2. The van der Waals surface area contributed by atoms with E-state index in [0.717, 1.165) is 12.1 Å². The summed E-state index contributed by atoms with van der Waals surface area (Å²) in [5.41, 5.74) is 0.534. The van der Waals surface area contributed by atoms with Crippen LogP contribution in [-0.2, 0) is 6.54 Å². The van der Waals surface area contributed by atoms with E-state index < -0.39 is 17.5 Å². The zero-order valence-electron chi connectivity index (χ0n) is 9.72. The van der Waals surface area contributed by atoms with Crippen LogP contribution in [0.2, 0.25) is 0 Å². The highest BCUT2D eigenvalue weighted by atomic mass is 19.1. The normalized spacial score (nSPS) is 10.3. The SMILES string of the molecule is CCn1cc(NC(=O)c2ccc(F)cc2O)cn1. The van der Waals surface area contributed by atoms with E-state index in [9.17, 15) is 14.3 Å². The molecule has 0 saturated heterocycles. The van der Waals surface area contributed by atoms with Gasteiger partial charge in [-0.3, -0.25) is 9.48 Å². The van der Waals surface area contributed by atoms with Gasteiger partial charge in [0.15, 0.2) is 0 Å². The van der Waals surface area contributed by atoms with Crippen molar-refractivity contribution in [1.82, 2.24) is 9.78 Å². The lowest BCUT2D eigenvalue weighted by molar-refractivity contribution is 0.102. The Bertz CT molecular complexity index is 580. The molecule has 0 aliphatic rings. The zero-order valence-corrected chi connectivity index (χ0v) is 9.72. The van der Waals surface area contributed by atoms with Crippen LogP contribution >= 0.6 is 0 Å². The van der Waals surface area contributed by atoms with Crippen molar-refractivity contribution in [1.29, 1.82) is 0 Å². The molecule has 2 N–H and O–H groups in total. The number of nitrogens with one attached hydrogen (secondary N) is 1. The number of carbonyl (C=O) groups is 1. The summed E-state index contributed by atoms with van der Waals surface area (Å²) < 4.78 is 14.4. The first-order valence-corrected chi connectivity index (χ1v) is 5.42. The van der Waals surface area contributed by atoms with Crippen LogP contribution in [0, 0.1) is 5.82 Å². The number of aryl methyl sites for hydroxylation is 1. The van der Waals surface area contributed by atoms with Crippen molar-refractivity contribution in [3.8, 4) is 5.75 Å². The minimum absolute atomic E-state index is 0.0145. The van der Waals surface area contributed by atoms with Crippen molar-refractivity contribution in [2.45, 2.75) is 13.5 Å². The molecule has 0 bridgehead atoms. The molecule has 94 valence electrons. The Morgan fingerprint density at radius 3 is 2.94 bits per heavy atom. The molecule has 0 radical (unpaired) electrons. The smallest absolute Gasteiger partial charge is 0.259 e. The maximum Gasteiger partial charge on any atom is 0.259 e. The second kappa shape index (κ2) is 4.87. The summed E-state index contributed by atoms with van der Waals surface area (Å²) in [5.74, 6) is -1.50. The lowest BCUT2D eigenvalue weighted by atomic mass is 10.2. The van der Waals surface area contributed by atoms with Gasteiger partial charge in [-0.05, 0) is 19.1 Å². The topological polar surface area (TPSA) is 67.2 Å². The first kappa shape index (κ1) is 12.1. The summed E-state index contributed by atoms with van der Waals surface area (Å²) in [6.45, 7) is 2.61. The average Bonchev–Trinajstić information content (AvgIpc) is 2.76. The monoisotopic (exact) mass is 249 g/mol. The minimum Gasteiger partial charge on any atom is -0.507 e. The predicted octanol–water partition coefficient (Wildman–Crippen LogP) is 2.00. The summed E-state index contributed by atoms with van der Waals surface area (Å²) in [7, 11) is 0. The fourth-order valence-electron chi connectivity index (χ4n) is 1.50. The van der Waals surface area contributed by atoms with Crippen molar-refractivity contribution in [2.24, 2.45) is 0 Å². The number of halogens is 1.